The van der Waals surface area contributed by atoms with E-state index in [1.54, 1.807) is 0 Å². The van der Waals surface area contributed by atoms with Gasteiger partial charge in [-0.2, -0.15) is 0 Å². The third-order valence-electron chi connectivity index (χ3n) is 4.54. The first-order chi connectivity index (χ1) is 11.4. The van der Waals surface area contributed by atoms with Gasteiger partial charge in [0.1, 0.15) is 0 Å². The summed E-state index contributed by atoms with van der Waals surface area (Å²) in [7, 11) is 0. The lowest BCUT2D eigenvalue weighted by Gasteiger charge is -2.17. The van der Waals surface area contributed by atoms with Crippen molar-refractivity contribution in [3.63, 3.8) is 0 Å². The van der Waals surface area contributed by atoms with Gasteiger partial charge >= 0.3 is 0 Å². The van der Waals surface area contributed by atoms with Crippen LogP contribution in [0.15, 0.2) is 33.9 Å². The van der Waals surface area contributed by atoms with Gasteiger partial charge in [0.2, 0.25) is 0 Å². The van der Waals surface area contributed by atoms with Gasteiger partial charge in [-0.05, 0) is 30.9 Å². The van der Waals surface area contributed by atoms with Gasteiger partial charge in [0.25, 0.3) is 11.1 Å². The number of hydrogen-bond acceptors (Lipinski definition) is 2. The SMILES string of the molecule is Cc1[nH][nH]c(=O)c1C(c1ccc(C(C)C)cc1)c1c(C)[nH][nH]c1=O.Cl. The molecule has 0 fully saturated rings. The first-order valence-electron chi connectivity index (χ1n) is 8.04. The van der Waals surface area contributed by atoms with E-state index in [1.807, 2.05) is 26.0 Å². The molecular formula is C18H23ClN4O2. The van der Waals surface area contributed by atoms with E-state index in [2.05, 4.69) is 46.4 Å². The number of halogens is 1. The summed E-state index contributed by atoms with van der Waals surface area (Å²) in [5.41, 5.74) is 4.34. The van der Waals surface area contributed by atoms with E-state index in [1.165, 1.54) is 5.56 Å². The molecule has 2 aromatic heterocycles. The van der Waals surface area contributed by atoms with Gasteiger partial charge in [0.15, 0.2) is 0 Å². The number of benzene rings is 1. The second-order valence-corrected chi connectivity index (χ2v) is 6.49. The largest absolute Gasteiger partial charge is 0.302 e. The molecule has 0 atom stereocenters. The van der Waals surface area contributed by atoms with E-state index in [0.717, 1.165) is 17.0 Å². The highest BCUT2D eigenvalue weighted by Gasteiger charge is 2.27. The van der Waals surface area contributed by atoms with Crippen molar-refractivity contribution in [2.24, 2.45) is 0 Å². The lowest BCUT2D eigenvalue weighted by atomic mass is 9.84. The van der Waals surface area contributed by atoms with Crippen molar-refractivity contribution in [2.75, 3.05) is 0 Å². The zero-order chi connectivity index (χ0) is 17.4. The summed E-state index contributed by atoms with van der Waals surface area (Å²) in [6, 6.07) is 8.11. The second kappa shape index (κ2) is 7.19. The van der Waals surface area contributed by atoms with Gasteiger partial charge in [-0.3, -0.25) is 19.8 Å². The van der Waals surface area contributed by atoms with Crippen molar-refractivity contribution in [2.45, 2.75) is 39.5 Å². The van der Waals surface area contributed by atoms with Gasteiger partial charge < -0.3 is 10.2 Å². The van der Waals surface area contributed by atoms with Gasteiger partial charge in [-0.25, -0.2) is 0 Å². The van der Waals surface area contributed by atoms with Crippen LogP contribution in [0.5, 0.6) is 0 Å². The molecule has 25 heavy (non-hydrogen) atoms. The van der Waals surface area contributed by atoms with Crippen LogP contribution in [0.25, 0.3) is 0 Å². The third kappa shape index (κ3) is 3.35. The van der Waals surface area contributed by atoms with E-state index >= 15 is 0 Å². The number of aryl methyl sites for hydroxylation is 2. The minimum atomic E-state index is -0.420. The number of aromatic nitrogens is 4. The second-order valence-electron chi connectivity index (χ2n) is 6.49. The molecule has 0 saturated carbocycles. The van der Waals surface area contributed by atoms with E-state index in [-0.39, 0.29) is 23.5 Å². The van der Waals surface area contributed by atoms with Crippen LogP contribution in [0.3, 0.4) is 0 Å². The van der Waals surface area contributed by atoms with Crippen LogP contribution < -0.4 is 11.1 Å². The third-order valence-corrected chi connectivity index (χ3v) is 4.54. The van der Waals surface area contributed by atoms with Crippen molar-refractivity contribution < 1.29 is 0 Å². The number of rotatable bonds is 4. The molecule has 7 heteroatoms. The average Bonchev–Trinajstić information content (AvgIpc) is 3.05. The fraction of sp³-hybridized carbons (Fsp3) is 0.333. The normalized spacial score (nSPS) is 11.1. The number of nitrogens with one attached hydrogen (secondary N) is 4. The predicted molar refractivity (Wildman–Crippen MR) is 101 cm³/mol. The quantitative estimate of drug-likeness (QED) is 0.573. The topological polar surface area (TPSA) is 97.3 Å². The van der Waals surface area contributed by atoms with Crippen LogP contribution >= 0.6 is 12.4 Å². The molecule has 6 nitrogen and oxygen atoms in total. The first kappa shape index (κ1) is 18.9. The number of H-pyrrole nitrogens is 4. The molecule has 0 saturated heterocycles. The molecule has 3 aromatic rings. The van der Waals surface area contributed by atoms with E-state index in [4.69, 9.17) is 0 Å². The molecule has 0 amide bonds. The molecule has 1 aromatic carbocycles. The Hall–Kier alpha value is -2.47. The maximum absolute atomic E-state index is 12.3. The van der Waals surface area contributed by atoms with E-state index in [9.17, 15) is 9.59 Å². The Bertz CT molecular complexity index is 906. The maximum atomic E-state index is 12.3. The molecule has 0 aliphatic carbocycles. The smallest absolute Gasteiger partial charge is 0.268 e. The summed E-state index contributed by atoms with van der Waals surface area (Å²) in [6.45, 7) is 7.93. The summed E-state index contributed by atoms with van der Waals surface area (Å²) in [5.74, 6) is 0.00325. The number of hydrogen-bond donors (Lipinski definition) is 4. The summed E-state index contributed by atoms with van der Waals surface area (Å²) in [5, 5.41) is 10.9. The Morgan fingerprint density at radius 3 is 1.44 bits per heavy atom. The standard InChI is InChI=1S/C18H22N4O2.ClH/c1-9(2)12-5-7-13(8-6-12)16(14-10(3)19-21-17(14)23)15-11(4)20-22-18(15)24;/h5-9,16H,1-4H3,(H2,19,21,23)(H2,20,22,24);1H. The highest BCUT2D eigenvalue weighted by atomic mass is 35.5. The van der Waals surface area contributed by atoms with Crippen molar-refractivity contribution in [3.8, 4) is 0 Å². The highest BCUT2D eigenvalue weighted by Crippen LogP contribution is 2.31. The fourth-order valence-corrected chi connectivity index (χ4v) is 3.16. The summed E-state index contributed by atoms with van der Waals surface area (Å²) in [6.07, 6.45) is 0. The van der Waals surface area contributed by atoms with Gasteiger partial charge in [-0.1, -0.05) is 38.1 Å². The zero-order valence-corrected chi connectivity index (χ0v) is 15.5. The minimum Gasteiger partial charge on any atom is -0.302 e. The minimum absolute atomic E-state index is 0. The predicted octanol–water partition coefficient (Wildman–Crippen LogP) is 3.06. The molecule has 4 N–H and O–H groups in total. The molecule has 134 valence electrons. The summed E-state index contributed by atoms with van der Waals surface area (Å²) >= 11 is 0. The first-order valence-corrected chi connectivity index (χ1v) is 8.04. The molecule has 0 radical (unpaired) electrons. The van der Waals surface area contributed by atoms with Crippen molar-refractivity contribution in [1.82, 2.24) is 20.4 Å². The van der Waals surface area contributed by atoms with Crippen molar-refractivity contribution in [1.29, 1.82) is 0 Å². The Morgan fingerprint density at radius 2 is 1.12 bits per heavy atom. The van der Waals surface area contributed by atoms with Crippen molar-refractivity contribution in [3.05, 3.63) is 78.6 Å². The van der Waals surface area contributed by atoms with Crippen LogP contribution in [-0.4, -0.2) is 20.4 Å². The van der Waals surface area contributed by atoms with Crippen LogP contribution in [0, 0.1) is 13.8 Å². The Kier molecular flexibility index (Phi) is 5.42. The lowest BCUT2D eigenvalue weighted by Crippen LogP contribution is -2.20. The van der Waals surface area contributed by atoms with Gasteiger partial charge in [0, 0.05) is 17.3 Å². The van der Waals surface area contributed by atoms with Crippen LogP contribution in [0.1, 0.15) is 59.3 Å². The molecule has 0 aliphatic rings. The molecule has 3 rings (SSSR count). The fourth-order valence-electron chi connectivity index (χ4n) is 3.16. The number of aromatic amines is 4. The Balaban J connectivity index is 0.00000225. The van der Waals surface area contributed by atoms with E-state index in [0.29, 0.717) is 17.0 Å². The van der Waals surface area contributed by atoms with E-state index < -0.39 is 5.92 Å². The maximum Gasteiger partial charge on any atom is 0.268 e. The summed E-state index contributed by atoms with van der Waals surface area (Å²) in [4.78, 5) is 24.7. The van der Waals surface area contributed by atoms with Crippen molar-refractivity contribution >= 4 is 12.4 Å². The molecular weight excluding hydrogens is 340 g/mol. The highest BCUT2D eigenvalue weighted by molar-refractivity contribution is 5.85. The lowest BCUT2D eigenvalue weighted by molar-refractivity contribution is 0.860. The molecule has 0 aliphatic heterocycles. The molecule has 2 heterocycles. The molecule has 0 bridgehead atoms. The molecule has 0 spiro atoms. The Labute approximate surface area is 151 Å². The monoisotopic (exact) mass is 362 g/mol. The average molecular weight is 363 g/mol. The van der Waals surface area contributed by atoms with Gasteiger partial charge in [0.05, 0.1) is 11.1 Å². The Morgan fingerprint density at radius 1 is 0.720 bits per heavy atom. The molecule has 0 unspecified atom stereocenters. The van der Waals surface area contributed by atoms with Crippen LogP contribution in [0.2, 0.25) is 0 Å². The van der Waals surface area contributed by atoms with Gasteiger partial charge in [-0.15, -0.1) is 12.4 Å². The van der Waals surface area contributed by atoms with Crippen LogP contribution in [-0.2, 0) is 0 Å². The van der Waals surface area contributed by atoms with Crippen LogP contribution in [0.4, 0.5) is 0 Å². The zero-order valence-electron chi connectivity index (χ0n) is 14.7. The summed E-state index contributed by atoms with van der Waals surface area (Å²) < 4.78 is 0.